The molecule has 2 atom stereocenters. The van der Waals surface area contributed by atoms with Crippen LogP contribution in [0.1, 0.15) is 41.0 Å². The lowest BCUT2D eigenvalue weighted by molar-refractivity contribution is -0.915. The standard InChI is InChI=1S/C13H24N2O3/c1-6-10(2)14-7-8-15(12(17)18,9-11(14)16)13(3,4)5/h10H,6-9H2,1-5H3. The molecule has 0 radical (unpaired) electrons. The van der Waals surface area contributed by atoms with Crippen LogP contribution in [-0.4, -0.2) is 52.6 Å². The maximum atomic E-state index is 12.2. The molecular weight excluding hydrogens is 232 g/mol. The van der Waals surface area contributed by atoms with Crippen molar-refractivity contribution in [1.29, 1.82) is 0 Å². The second-order valence-corrected chi connectivity index (χ2v) is 6.13. The van der Waals surface area contributed by atoms with Crippen molar-refractivity contribution in [3.63, 3.8) is 0 Å². The number of carbonyl (C=O) groups excluding carboxylic acids is 2. The van der Waals surface area contributed by atoms with Crippen LogP contribution in [0.3, 0.4) is 0 Å². The van der Waals surface area contributed by atoms with E-state index in [2.05, 4.69) is 0 Å². The Labute approximate surface area is 109 Å². The van der Waals surface area contributed by atoms with Gasteiger partial charge in [0.15, 0.2) is 6.54 Å². The van der Waals surface area contributed by atoms with Crippen LogP contribution in [0.4, 0.5) is 4.79 Å². The second kappa shape index (κ2) is 4.88. The van der Waals surface area contributed by atoms with Gasteiger partial charge in [-0.25, -0.2) is 0 Å². The average molecular weight is 256 g/mol. The summed E-state index contributed by atoms with van der Waals surface area (Å²) in [6.45, 7) is 10.4. The molecule has 1 aliphatic rings. The van der Waals surface area contributed by atoms with Crippen molar-refractivity contribution in [2.75, 3.05) is 19.6 Å². The van der Waals surface area contributed by atoms with Crippen molar-refractivity contribution in [2.45, 2.75) is 52.6 Å². The third-order valence-electron chi connectivity index (χ3n) is 4.20. The lowest BCUT2D eigenvalue weighted by Gasteiger charge is -2.52. The van der Waals surface area contributed by atoms with E-state index in [1.54, 1.807) is 4.90 Å². The molecule has 104 valence electrons. The van der Waals surface area contributed by atoms with Gasteiger partial charge in [0.1, 0.15) is 6.54 Å². The van der Waals surface area contributed by atoms with Gasteiger partial charge >= 0.3 is 0 Å². The normalized spacial score (nSPS) is 27.2. The molecule has 0 bridgehead atoms. The van der Waals surface area contributed by atoms with Crippen molar-refractivity contribution < 1.29 is 19.2 Å². The number of rotatable bonds is 2. The number of nitrogens with zero attached hydrogens (tertiary/aromatic N) is 2. The summed E-state index contributed by atoms with van der Waals surface area (Å²) < 4.78 is -0.279. The maximum Gasteiger partial charge on any atom is 0.278 e. The van der Waals surface area contributed by atoms with Crippen molar-refractivity contribution in [1.82, 2.24) is 4.90 Å². The first-order valence-electron chi connectivity index (χ1n) is 6.54. The molecule has 1 saturated heterocycles. The molecular formula is C13H24N2O3. The van der Waals surface area contributed by atoms with Crippen molar-refractivity contribution in [2.24, 2.45) is 0 Å². The summed E-state index contributed by atoms with van der Waals surface area (Å²) >= 11 is 0. The third-order valence-corrected chi connectivity index (χ3v) is 4.20. The van der Waals surface area contributed by atoms with Gasteiger partial charge in [0.2, 0.25) is 0 Å². The van der Waals surface area contributed by atoms with Crippen LogP contribution in [0.25, 0.3) is 0 Å². The number of carboxylic acid groups (broad SMARTS) is 1. The Kier molecular flexibility index (Phi) is 4.05. The quantitative estimate of drug-likeness (QED) is 0.679. The molecule has 2 amide bonds. The first-order valence-corrected chi connectivity index (χ1v) is 6.54. The van der Waals surface area contributed by atoms with Crippen LogP contribution in [0.2, 0.25) is 0 Å². The number of quaternary nitrogens is 1. The van der Waals surface area contributed by atoms with Crippen LogP contribution >= 0.6 is 0 Å². The van der Waals surface area contributed by atoms with Crippen molar-refractivity contribution in [3.8, 4) is 0 Å². The van der Waals surface area contributed by atoms with Crippen LogP contribution in [0.5, 0.6) is 0 Å². The number of hydrogen-bond acceptors (Lipinski definition) is 3. The molecule has 0 aromatic carbocycles. The third kappa shape index (κ3) is 2.36. The SMILES string of the molecule is CCC(C)N1CC[N+](C(=O)[O-])(C(C)(C)C)CC1=O. The van der Waals surface area contributed by atoms with E-state index in [1.165, 1.54) is 0 Å². The van der Waals surface area contributed by atoms with E-state index in [9.17, 15) is 14.7 Å². The first kappa shape index (κ1) is 15.0. The second-order valence-electron chi connectivity index (χ2n) is 6.13. The number of piperazine rings is 1. The largest absolute Gasteiger partial charge is 0.498 e. The summed E-state index contributed by atoms with van der Waals surface area (Å²) in [6, 6.07) is 0.168. The lowest BCUT2D eigenvalue weighted by Crippen LogP contribution is -2.74. The van der Waals surface area contributed by atoms with Gasteiger partial charge in [-0.1, -0.05) is 6.92 Å². The summed E-state index contributed by atoms with van der Waals surface area (Å²) in [5, 5.41) is 11.5. The first-order chi connectivity index (χ1) is 8.15. The van der Waals surface area contributed by atoms with Crippen molar-refractivity contribution >= 4 is 12.0 Å². The van der Waals surface area contributed by atoms with Gasteiger partial charge in [0.05, 0.1) is 12.1 Å². The van der Waals surface area contributed by atoms with Gasteiger partial charge in [-0.15, -0.1) is 0 Å². The molecule has 0 aromatic rings. The fourth-order valence-electron chi connectivity index (χ4n) is 2.49. The Morgan fingerprint density at radius 3 is 2.39 bits per heavy atom. The fourth-order valence-corrected chi connectivity index (χ4v) is 2.49. The van der Waals surface area contributed by atoms with Gasteiger partial charge in [-0.3, -0.25) is 9.28 Å². The number of carbonyl (C=O) groups is 2. The van der Waals surface area contributed by atoms with E-state index in [0.717, 1.165) is 6.42 Å². The van der Waals surface area contributed by atoms with Crippen LogP contribution < -0.4 is 5.11 Å². The van der Waals surface area contributed by atoms with E-state index in [-0.39, 0.29) is 23.0 Å². The zero-order valence-electron chi connectivity index (χ0n) is 12.0. The summed E-state index contributed by atoms with van der Waals surface area (Å²) in [5.74, 6) is -0.0882. The highest BCUT2D eigenvalue weighted by Gasteiger charge is 2.48. The highest BCUT2D eigenvalue weighted by molar-refractivity contribution is 5.80. The van der Waals surface area contributed by atoms with E-state index >= 15 is 0 Å². The number of amides is 2. The minimum absolute atomic E-state index is 0.00380. The zero-order valence-corrected chi connectivity index (χ0v) is 12.0. The molecule has 0 N–H and O–H groups in total. The molecule has 1 rings (SSSR count). The molecule has 1 aliphatic heterocycles. The highest BCUT2D eigenvalue weighted by Crippen LogP contribution is 2.28. The molecule has 0 aromatic heterocycles. The van der Waals surface area contributed by atoms with Gasteiger partial charge in [-0.05, 0) is 34.1 Å². The van der Waals surface area contributed by atoms with E-state index < -0.39 is 11.6 Å². The number of hydrogen-bond donors (Lipinski definition) is 0. The molecule has 0 aliphatic carbocycles. The topological polar surface area (TPSA) is 60.4 Å². The predicted octanol–water partition coefficient (Wildman–Crippen LogP) is 0.586. The minimum atomic E-state index is -1.15. The van der Waals surface area contributed by atoms with E-state index in [0.29, 0.717) is 13.1 Å². The average Bonchev–Trinajstić information content (AvgIpc) is 2.26. The lowest BCUT2D eigenvalue weighted by atomic mass is 9.99. The molecule has 5 heteroatoms. The molecule has 1 fully saturated rings. The minimum Gasteiger partial charge on any atom is -0.498 e. The molecule has 18 heavy (non-hydrogen) atoms. The van der Waals surface area contributed by atoms with Gasteiger partial charge < -0.3 is 14.8 Å². The highest BCUT2D eigenvalue weighted by atomic mass is 16.4. The molecule has 0 saturated carbocycles. The fraction of sp³-hybridized carbons (Fsp3) is 0.846. The Morgan fingerprint density at radius 2 is 2.06 bits per heavy atom. The maximum absolute atomic E-state index is 12.2. The van der Waals surface area contributed by atoms with Crippen LogP contribution in [0.15, 0.2) is 0 Å². The Morgan fingerprint density at radius 1 is 1.50 bits per heavy atom. The zero-order chi connectivity index (χ0) is 14.1. The molecule has 1 heterocycles. The van der Waals surface area contributed by atoms with Gasteiger partial charge in [0.25, 0.3) is 12.0 Å². The monoisotopic (exact) mass is 256 g/mol. The molecule has 2 unspecified atom stereocenters. The van der Waals surface area contributed by atoms with Gasteiger partial charge in [-0.2, -0.15) is 0 Å². The Bertz CT molecular complexity index is 349. The summed E-state index contributed by atoms with van der Waals surface area (Å²) in [5.41, 5.74) is -0.532. The van der Waals surface area contributed by atoms with Crippen LogP contribution in [-0.2, 0) is 4.79 Å². The van der Waals surface area contributed by atoms with Crippen LogP contribution in [0, 0.1) is 0 Å². The smallest absolute Gasteiger partial charge is 0.278 e. The van der Waals surface area contributed by atoms with E-state index in [4.69, 9.17) is 0 Å². The summed E-state index contributed by atoms with van der Waals surface area (Å²) in [6.07, 6.45) is -0.272. The van der Waals surface area contributed by atoms with Gasteiger partial charge in [0, 0.05) is 6.04 Å². The Hall–Kier alpha value is -1.10. The van der Waals surface area contributed by atoms with E-state index in [1.807, 2.05) is 34.6 Å². The Balaban J connectivity index is 2.98. The summed E-state index contributed by atoms with van der Waals surface area (Å²) in [4.78, 5) is 25.5. The summed E-state index contributed by atoms with van der Waals surface area (Å²) in [7, 11) is 0. The van der Waals surface area contributed by atoms with Crippen molar-refractivity contribution in [3.05, 3.63) is 0 Å². The molecule has 0 spiro atoms. The molecule has 5 nitrogen and oxygen atoms in total. The predicted molar refractivity (Wildman–Crippen MR) is 66.6 cm³/mol.